The number of amides is 1. The number of rotatable bonds is 14. The van der Waals surface area contributed by atoms with E-state index >= 15 is 0 Å². The van der Waals surface area contributed by atoms with Crippen LogP contribution in [0, 0.1) is 6.92 Å². The third-order valence-electron chi connectivity index (χ3n) is 5.36. The molecule has 0 aliphatic heterocycles. The predicted molar refractivity (Wildman–Crippen MR) is 136 cm³/mol. The van der Waals surface area contributed by atoms with E-state index in [0.717, 1.165) is 42.7 Å². The van der Waals surface area contributed by atoms with Crippen LogP contribution in [-0.2, 0) is 20.9 Å². The highest BCUT2D eigenvalue weighted by Gasteiger charge is 2.16. The van der Waals surface area contributed by atoms with E-state index < -0.39 is 0 Å². The zero-order valence-electron chi connectivity index (χ0n) is 20.2. The molecule has 1 amide bonds. The van der Waals surface area contributed by atoms with Gasteiger partial charge in [-0.1, -0.05) is 61.0 Å². The summed E-state index contributed by atoms with van der Waals surface area (Å²) in [6.45, 7) is 2.87. The van der Waals surface area contributed by atoms with Crippen LogP contribution in [0.15, 0.2) is 59.8 Å². The molecule has 0 bridgehead atoms. The molecule has 0 radical (unpaired) electrons. The van der Waals surface area contributed by atoms with Crippen LogP contribution in [0.5, 0.6) is 5.75 Å². The van der Waals surface area contributed by atoms with Gasteiger partial charge in [-0.3, -0.25) is 14.2 Å². The van der Waals surface area contributed by atoms with Gasteiger partial charge in [0.2, 0.25) is 5.91 Å². The van der Waals surface area contributed by atoms with Gasteiger partial charge in [0.25, 0.3) is 0 Å². The molecule has 2 aromatic carbocycles. The first-order valence-corrected chi connectivity index (χ1v) is 12.7. The Labute approximate surface area is 210 Å². The highest BCUT2D eigenvalue weighted by atomic mass is 32.2. The fraction of sp³-hybridized carbons (Fsp3) is 0.385. The van der Waals surface area contributed by atoms with Gasteiger partial charge in [-0.25, -0.2) is 0 Å². The minimum Gasteiger partial charge on any atom is -0.485 e. The number of hydrogen-bond donors (Lipinski definition) is 1. The van der Waals surface area contributed by atoms with Crippen LogP contribution in [-0.4, -0.2) is 46.0 Å². The summed E-state index contributed by atoms with van der Waals surface area (Å²) >= 11 is 1.34. The molecule has 0 aliphatic carbocycles. The summed E-state index contributed by atoms with van der Waals surface area (Å²) in [5.74, 6) is 1.48. The van der Waals surface area contributed by atoms with Crippen molar-refractivity contribution in [1.82, 2.24) is 20.1 Å². The van der Waals surface area contributed by atoms with Crippen LogP contribution >= 0.6 is 11.8 Å². The number of unbranched alkanes of at least 4 members (excludes halogenated alkanes) is 3. The zero-order chi connectivity index (χ0) is 24.9. The summed E-state index contributed by atoms with van der Waals surface area (Å²) in [4.78, 5) is 23.5. The van der Waals surface area contributed by atoms with E-state index in [0.29, 0.717) is 23.9 Å². The summed E-state index contributed by atoms with van der Waals surface area (Å²) in [6.07, 6.45) is 4.02. The molecular weight excluding hydrogens is 464 g/mol. The number of hydrogen-bond acceptors (Lipinski definition) is 7. The molecule has 35 heavy (non-hydrogen) atoms. The van der Waals surface area contributed by atoms with Crippen LogP contribution in [0.4, 0.5) is 0 Å². The quantitative estimate of drug-likeness (QED) is 0.200. The molecule has 186 valence electrons. The molecule has 3 aromatic rings. The van der Waals surface area contributed by atoms with Gasteiger partial charge in [-0.05, 0) is 43.5 Å². The van der Waals surface area contributed by atoms with E-state index in [-0.39, 0.29) is 24.2 Å². The predicted octanol–water partition coefficient (Wildman–Crippen LogP) is 4.49. The first kappa shape index (κ1) is 26.3. The number of esters is 1. The summed E-state index contributed by atoms with van der Waals surface area (Å²) in [6, 6.07) is 17.6. The maximum Gasteiger partial charge on any atom is 0.305 e. The Morgan fingerprint density at radius 3 is 2.49 bits per heavy atom. The number of para-hydroxylation sites is 2. The van der Waals surface area contributed by atoms with E-state index in [1.165, 1.54) is 18.9 Å². The summed E-state index contributed by atoms with van der Waals surface area (Å²) in [5.41, 5.74) is 1.96. The molecule has 0 fully saturated rings. The van der Waals surface area contributed by atoms with Gasteiger partial charge in [-0.2, -0.15) is 0 Å². The van der Waals surface area contributed by atoms with Crippen LogP contribution in [0.25, 0.3) is 5.69 Å². The lowest BCUT2D eigenvalue weighted by Crippen LogP contribution is -2.26. The number of carbonyl (C=O) groups is 2. The topological polar surface area (TPSA) is 95.3 Å². The third-order valence-corrected chi connectivity index (χ3v) is 6.28. The van der Waals surface area contributed by atoms with E-state index in [9.17, 15) is 9.59 Å². The van der Waals surface area contributed by atoms with Gasteiger partial charge in [0.1, 0.15) is 12.4 Å². The maximum atomic E-state index is 12.4. The number of ether oxygens (including phenoxy) is 2. The van der Waals surface area contributed by atoms with Crippen molar-refractivity contribution in [1.29, 1.82) is 0 Å². The van der Waals surface area contributed by atoms with E-state index in [2.05, 4.69) is 20.3 Å². The molecule has 0 unspecified atom stereocenters. The van der Waals surface area contributed by atoms with E-state index in [1.807, 2.05) is 66.1 Å². The second kappa shape index (κ2) is 14.2. The van der Waals surface area contributed by atoms with Crippen LogP contribution < -0.4 is 10.1 Å². The molecule has 9 heteroatoms. The maximum absolute atomic E-state index is 12.4. The Morgan fingerprint density at radius 2 is 1.71 bits per heavy atom. The summed E-state index contributed by atoms with van der Waals surface area (Å²) < 4.78 is 12.6. The van der Waals surface area contributed by atoms with E-state index in [4.69, 9.17) is 4.74 Å². The molecular formula is C26H32N4O4S. The minimum atomic E-state index is -0.177. The first-order valence-electron chi connectivity index (χ1n) is 11.7. The Balaban J connectivity index is 1.52. The molecule has 1 aromatic heterocycles. The van der Waals surface area contributed by atoms with Crippen molar-refractivity contribution < 1.29 is 19.1 Å². The first-order chi connectivity index (χ1) is 17.1. The van der Waals surface area contributed by atoms with E-state index in [1.54, 1.807) is 0 Å². The summed E-state index contributed by atoms with van der Waals surface area (Å²) in [7, 11) is 1.40. The highest BCUT2D eigenvalue weighted by Crippen LogP contribution is 2.24. The average Bonchev–Trinajstić information content (AvgIpc) is 3.29. The third kappa shape index (κ3) is 8.43. The molecule has 0 aliphatic rings. The number of benzene rings is 2. The summed E-state index contributed by atoms with van der Waals surface area (Å²) in [5, 5.41) is 12.3. The van der Waals surface area contributed by atoms with Gasteiger partial charge in [0.15, 0.2) is 11.0 Å². The second-order valence-corrected chi connectivity index (χ2v) is 8.95. The van der Waals surface area contributed by atoms with Crippen molar-refractivity contribution in [2.45, 2.75) is 50.8 Å². The minimum absolute atomic E-state index is 0.0510. The normalized spacial score (nSPS) is 10.7. The van der Waals surface area contributed by atoms with Crippen LogP contribution in [0.1, 0.15) is 43.5 Å². The average molecular weight is 497 g/mol. The number of nitrogens with zero attached hydrogens (tertiary/aromatic N) is 3. The number of thioether (sulfide) groups is 1. The van der Waals surface area contributed by atoms with Crippen molar-refractivity contribution in [2.75, 3.05) is 19.4 Å². The Bertz CT molecular complexity index is 1090. The monoisotopic (exact) mass is 496 g/mol. The smallest absolute Gasteiger partial charge is 0.305 e. The molecule has 1 N–H and O–H groups in total. The Hall–Kier alpha value is -3.33. The molecule has 1 heterocycles. The van der Waals surface area contributed by atoms with Crippen molar-refractivity contribution in [3.05, 3.63) is 66.0 Å². The Morgan fingerprint density at radius 1 is 0.971 bits per heavy atom. The zero-order valence-corrected chi connectivity index (χ0v) is 21.1. The lowest BCUT2D eigenvalue weighted by atomic mass is 10.1. The fourth-order valence-electron chi connectivity index (χ4n) is 3.44. The number of nitrogens with one attached hydrogen (secondary N) is 1. The second-order valence-electron chi connectivity index (χ2n) is 8.00. The Kier molecular flexibility index (Phi) is 10.6. The highest BCUT2D eigenvalue weighted by molar-refractivity contribution is 7.99. The van der Waals surface area contributed by atoms with Crippen LogP contribution in [0.2, 0.25) is 0 Å². The number of methoxy groups -OCH3 is 1. The fourth-order valence-corrected chi connectivity index (χ4v) is 4.24. The van der Waals surface area contributed by atoms with Gasteiger partial charge < -0.3 is 14.8 Å². The lowest BCUT2D eigenvalue weighted by Gasteiger charge is -2.12. The molecule has 8 nitrogen and oxygen atoms in total. The molecule has 0 atom stereocenters. The van der Waals surface area contributed by atoms with Gasteiger partial charge in [0.05, 0.1) is 12.9 Å². The van der Waals surface area contributed by atoms with Crippen molar-refractivity contribution in [3.8, 4) is 11.4 Å². The number of carbonyl (C=O) groups excluding carboxylic acids is 2. The van der Waals surface area contributed by atoms with Gasteiger partial charge in [-0.15, -0.1) is 10.2 Å². The van der Waals surface area contributed by atoms with Crippen molar-refractivity contribution >= 4 is 23.6 Å². The molecule has 0 saturated carbocycles. The number of aromatic nitrogens is 3. The van der Waals surface area contributed by atoms with Crippen LogP contribution in [0.3, 0.4) is 0 Å². The molecule has 0 saturated heterocycles. The van der Waals surface area contributed by atoms with Gasteiger partial charge in [0, 0.05) is 18.7 Å². The lowest BCUT2D eigenvalue weighted by molar-refractivity contribution is -0.140. The number of aryl methyl sites for hydroxylation is 1. The van der Waals surface area contributed by atoms with Gasteiger partial charge >= 0.3 is 5.97 Å². The molecule has 0 spiro atoms. The largest absolute Gasteiger partial charge is 0.485 e. The van der Waals surface area contributed by atoms with Crippen molar-refractivity contribution in [3.63, 3.8) is 0 Å². The standard InChI is InChI=1S/C26H32N4O4S/c1-20-12-9-10-15-22(20)34-18-23-28-29-26(30(23)21-13-6-5-7-14-21)35-19-24(31)27-17-11-4-3-8-16-25(32)33-2/h5-7,9-10,12-15H,3-4,8,11,16-19H2,1-2H3,(H,27,31). The van der Waals surface area contributed by atoms with Crippen molar-refractivity contribution in [2.24, 2.45) is 0 Å². The SMILES string of the molecule is COC(=O)CCCCCCNC(=O)CSc1nnc(COc2ccccc2C)n1-c1ccccc1. The molecule has 3 rings (SSSR count).